The third-order valence-corrected chi connectivity index (χ3v) is 8.10. The van der Waals surface area contributed by atoms with Crippen molar-refractivity contribution in [1.82, 2.24) is 0 Å². The molecule has 0 aromatic heterocycles. The molecule has 0 bridgehead atoms. The van der Waals surface area contributed by atoms with Gasteiger partial charge in [0.05, 0.1) is 25.3 Å². The first-order chi connectivity index (χ1) is 16.9. The van der Waals surface area contributed by atoms with Gasteiger partial charge in [-0.3, -0.25) is 4.31 Å². The Morgan fingerprint density at radius 3 is 2.57 bits per heavy atom. The van der Waals surface area contributed by atoms with Gasteiger partial charge < -0.3 is 15.2 Å². The summed E-state index contributed by atoms with van der Waals surface area (Å²) < 4.78 is 41.4. The molecule has 1 atom stereocenters. The number of allylic oxidation sites excluding steroid dienone is 2. The Hall–Kier alpha value is -4.22. The number of aryl methyl sites for hydroxylation is 1. The van der Waals surface area contributed by atoms with E-state index in [0.29, 0.717) is 22.6 Å². The third kappa shape index (κ3) is 3.61. The summed E-state index contributed by atoms with van der Waals surface area (Å²) in [4.78, 5) is -0.0286. The molecule has 8 heteroatoms. The van der Waals surface area contributed by atoms with E-state index in [4.69, 9.17) is 15.2 Å². The van der Waals surface area contributed by atoms with Gasteiger partial charge in [0.1, 0.15) is 22.3 Å². The summed E-state index contributed by atoms with van der Waals surface area (Å²) in [6, 6.07) is 23.9. The number of hydrogen-bond donors (Lipinski definition) is 1. The van der Waals surface area contributed by atoms with Crippen molar-refractivity contribution in [3.63, 3.8) is 0 Å². The summed E-state index contributed by atoms with van der Waals surface area (Å²) in [5.74, 6) is -0.530. The number of hydrogen-bond acceptors (Lipinski definition) is 6. The summed E-state index contributed by atoms with van der Waals surface area (Å²) >= 11 is 0. The molecule has 0 amide bonds. The van der Waals surface area contributed by atoms with Crippen LogP contribution in [-0.2, 0) is 21.3 Å². The number of anilines is 1. The van der Waals surface area contributed by atoms with E-state index in [9.17, 15) is 13.7 Å². The highest BCUT2D eigenvalue weighted by molar-refractivity contribution is 7.96. The number of rotatable bonds is 4. The van der Waals surface area contributed by atoms with Gasteiger partial charge in [-0.15, -0.1) is 0 Å². The first-order valence-corrected chi connectivity index (χ1v) is 12.4. The molecule has 2 aliphatic rings. The average molecular weight is 486 g/mol. The van der Waals surface area contributed by atoms with Crippen LogP contribution in [0.2, 0.25) is 0 Å². The summed E-state index contributed by atoms with van der Waals surface area (Å²) in [6.45, 7) is 2.08. The lowest BCUT2D eigenvalue weighted by Gasteiger charge is -2.38. The minimum Gasteiger partial charge on any atom is -0.496 e. The molecule has 35 heavy (non-hydrogen) atoms. The van der Waals surface area contributed by atoms with Crippen LogP contribution in [-0.4, -0.2) is 15.5 Å². The van der Waals surface area contributed by atoms with E-state index < -0.39 is 15.9 Å². The van der Waals surface area contributed by atoms with Gasteiger partial charge in [-0.05, 0) is 30.7 Å². The molecule has 0 fully saturated rings. The second-order valence-electron chi connectivity index (χ2n) is 8.38. The van der Waals surface area contributed by atoms with Crippen LogP contribution in [0.4, 0.5) is 5.69 Å². The minimum atomic E-state index is -4.15. The maximum atomic E-state index is 14.3. The number of nitrogens with two attached hydrogens (primary N) is 1. The number of nitriles is 1. The molecule has 2 heterocycles. The fourth-order valence-corrected chi connectivity index (χ4v) is 6.58. The van der Waals surface area contributed by atoms with Crippen LogP contribution >= 0.6 is 0 Å². The standard InChI is InChI=1S/C27H23N3O4S/c1-17-8-7-9-18(14-17)16-30-22-12-5-3-10-19(22)25-26(35(30,31)32)24(21(15-28)27(29)34-25)20-11-4-6-13-23(20)33-2/h3-14,24H,16,29H2,1-2H3. The summed E-state index contributed by atoms with van der Waals surface area (Å²) in [5, 5.41) is 10.0. The molecule has 0 saturated carbocycles. The maximum Gasteiger partial charge on any atom is 0.265 e. The molecule has 176 valence electrons. The van der Waals surface area contributed by atoms with Crippen molar-refractivity contribution in [3.8, 4) is 11.8 Å². The normalized spacial score (nSPS) is 18.3. The van der Waals surface area contributed by atoms with Crippen LogP contribution in [0.3, 0.4) is 0 Å². The van der Waals surface area contributed by atoms with E-state index in [2.05, 4.69) is 6.07 Å². The zero-order chi connectivity index (χ0) is 24.7. The highest BCUT2D eigenvalue weighted by Crippen LogP contribution is 2.52. The van der Waals surface area contributed by atoms with Crippen molar-refractivity contribution in [2.24, 2.45) is 5.73 Å². The molecule has 2 aliphatic heterocycles. The summed E-state index contributed by atoms with van der Waals surface area (Å²) in [6.07, 6.45) is 0. The predicted octanol–water partition coefficient (Wildman–Crippen LogP) is 4.53. The molecular formula is C27H23N3O4S. The van der Waals surface area contributed by atoms with Gasteiger partial charge in [0.25, 0.3) is 10.0 Å². The molecular weight excluding hydrogens is 462 g/mol. The fourth-order valence-electron chi connectivity index (χ4n) is 4.67. The molecule has 1 unspecified atom stereocenters. The first-order valence-electron chi connectivity index (χ1n) is 11.0. The van der Waals surface area contributed by atoms with Gasteiger partial charge in [0, 0.05) is 11.1 Å². The van der Waals surface area contributed by atoms with Crippen LogP contribution in [0.25, 0.3) is 5.76 Å². The molecule has 3 aromatic rings. The molecule has 0 radical (unpaired) electrons. The Bertz CT molecular complexity index is 1550. The lowest BCUT2D eigenvalue weighted by molar-refractivity contribution is 0.355. The van der Waals surface area contributed by atoms with Gasteiger partial charge in [0.2, 0.25) is 5.88 Å². The number of ether oxygens (including phenoxy) is 2. The van der Waals surface area contributed by atoms with Crippen molar-refractivity contribution >= 4 is 21.5 Å². The SMILES string of the molecule is COc1ccccc1C1C(C#N)=C(N)OC2=C1S(=O)(=O)N(Cc1cccc(C)c1)c1ccccc12. The zero-order valence-corrected chi connectivity index (χ0v) is 20.0. The highest BCUT2D eigenvalue weighted by atomic mass is 32.2. The summed E-state index contributed by atoms with van der Waals surface area (Å²) in [5.41, 5.74) is 9.67. The zero-order valence-electron chi connectivity index (χ0n) is 19.2. The van der Waals surface area contributed by atoms with Crippen molar-refractivity contribution in [2.45, 2.75) is 19.4 Å². The maximum absolute atomic E-state index is 14.3. The monoisotopic (exact) mass is 485 g/mol. The minimum absolute atomic E-state index is 0.0201. The van der Waals surface area contributed by atoms with Crippen LogP contribution < -0.4 is 14.8 Å². The van der Waals surface area contributed by atoms with Crippen molar-refractivity contribution in [1.29, 1.82) is 5.26 Å². The predicted molar refractivity (Wildman–Crippen MR) is 133 cm³/mol. The highest BCUT2D eigenvalue weighted by Gasteiger charge is 2.47. The molecule has 0 spiro atoms. The Labute approximate surface area is 204 Å². The number of methoxy groups -OCH3 is 1. The number of nitrogens with zero attached hydrogens (tertiary/aromatic N) is 2. The number of fused-ring (bicyclic) bond motifs is 2. The van der Waals surface area contributed by atoms with Crippen LogP contribution in [0, 0.1) is 18.3 Å². The number of sulfonamides is 1. The second-order valence-corrected chi connectivity index (χ2v) is 10.2. The van der Waals surface area contributed by atoms with Crippen LogP contribution in [0.15, 0.2) is 89.2 Å². The smallest absolute Gasteiger partial charge is 0.265 e. The van der Waals surface area contributed by atoms with Gasteiger partial charge in [-0.2, -0.15) is 5.26 Å². The van der Waals surface area contributed by atoms with Crippen molar-refractivity contribution in [3.05, 3.63) is 111 Å². The molecule has 5 rings (SSSR count). The molecule has 3 aromatic carbocycles. The Morgan fingerprint density at radius 1 is 1.09 bits per heavy atom. The van der Waals surface area contributed by atoms with Gasteiger partial charge >= 0.3 is 0 Å². The Balaban J connectivity index is 1.78. The van der Waals surface area contributed by atoms with E-state index in [-0.39, 0.29) is 28.7 Å². The average Bonchev–Trinajstić information content (AvgIpc) is 2.86. The second kappa shape index (κ2) is 8.53. The molecule has 7 nitrogen and oxygen atoms in total. The van der Waals surface area contributed by atoms with Crippen LogP contribution in [0.5, 0.6) is 5.75 Å². The van der Waals surface area contributed by atoms with Crippen molar-refractivity contribution in [2.75, 3.05) is 11.4 Å². The molecule has 2 N–H and O–H groups in total. The molecule has 0 aliphatic carbocycles. The van der Waals surface area contributed by atoms with Crippen LogP contribution in [0.1, 0.15) is 28.2 Å². The quantitative estimate of drug-likeness (QED) is 0.582. The summed E-state index contributed by atoms with van der Waals surface area (Å²) in [7, 11) is -2.64. The van der Waals surface area contributed by atoms with Gasteiger partial charge in [-0.1, -0.05) is 60.2 Å². The lowest BCUT2D eigenvalue weighted by Crippen LogP contribution is -2.39. The lowest BCUT2D eigenvalue weighted by atomic mass is 9.87. The van der Waals surface area contributed by atoms with E-state index >= 15 is 0 Å². The van der Waals surface area contributed by atoms with Crippen molar-refractivity contribution < 1.29 is 17.9 Å². The van der Waals surface area contributed by atoms with E-state index in [1.807, 2.05) is 37.3 Å². The first kappa shape index (κ1) is 22.6. The van der Waals surface area contributed by atoms with Gasteiger partial charge in [0.15, 0.2) is 5.76 Å². The fraction of sp³-hybridized carbons (Fsp3) is 0.148. The number of para-hydroxylation sites is 2. The number of benzene rings is 3. The molecule has 0 saturated heterocycles. The Kier molecular flexibility index (Phi) is 5.50. The third-order valence-electron chi connectivity index (χ3n) is 6.22. The van der Waals surface area contributed by atoms with E-state index in [1.165, 1.54) is 11.4 Å². The van der Waals surface area contributed by atoms with E-state index in [0.717, 1.165) is 11.1 Å². The van der Waals surface area contributed by atoms with E-state index in [1.54, 1.807) is 42.5 Å². The topological polar surface area (TPSA) is 106 Å². The largest absolute Gasteiger partial charge is 0.496 e. The van der Waals surface area contributed by atoms with Gasteiger partial charge in [-0.25, -0.2) is 8.42 Å². The Morgan fingerprint density at radius 2 is 1.83 bits per heavy atom.